The summed E-state index contributed by atoms with van der Waals surface area (Å²) < 4.78 is 5.14. The van der Waals surface area contributed by atoms with Gasteiger partial charge in [-0.15, -0.1) is 0 Å². The largest absolute Gasteiger partial charge is 0.445 e. The van der Waals surface area contributed by atoms with Crippen LogP contribution in [0.4, 0.5) is 16.2 Å². The average molecular weight is 276 g/mol. The van der Waals surface area contributed by atoms with Gasteiger partial charge in [0.05, 0.1) is 24.1 Å². The van der Waals surface area contributed by atoms with Crippen molar-refractivity contribution < 1.29 is 9.53 Å². The topological polar surface area (TPSA) is 94.5 Å². The van der Waals surface area contributed by atoms with Gasteiger partial charge in [-0.1, -0.05) is 0 Å². The molecule has 0 bridgehead atoms. The third kappa shape index (κ3) is 2.37. The Morgan fingerprint density at radius 2 is 2.25 bits per heavy atom. The highest BCUT2D eigenvalue weighted by Gasteiger charge is 2.28. The maximum Gasteiger partial charge on any atom is 0.404 e. The first kappa shape index (κ1) is 13.0. The monoisotopic (exact) mass is 276 g/mol. The van der Waals surface area contributed by atoms with Gasteiger partial charge in [-0.3, -0.25) is 4.98 Å². The van der Waals surface area contributed by atoms with E-state index >= 15 is 0 Å². The van der Waals surface area contributed by atoms with Gasteiger partial charge in [0.15, 0.2) is 0 Å². The van der Waals surface area contributed by atoms with E-state index in [9.17, 15) is 4.79 Å². The molecule has 0 spiro atoms. The zero-order valence-electron chi connectivity index (χ0n) is 11.5. The highest BCUT2D eigenvalue weighted by Crippen LogP contribution is 2.36. The second-order valence-electron chi connectivity index (χ2n) is 5.49. The van der Waals surface area contributed by atoms with Crippen LogP contribution < -0.4 is 16.4 Å². The zero-order valence-corrected chi connectivity index (χ0v) is 11.5. The Bertz CT molecular complexity index is 532. The molecule has 0 aromatic carbocycles. The highest BCUT2D eigenvalue weighted by molar-refractivity contribution is 5.73. The van der Waals surface area contributed by atoms with Crippen molar-refractivity contribution in [2.24, 2.45) is 5.73 Å². The number of carbonyl (C=O) groups is 1. The lowest BCUT2D eigenvalue weighted by molar-refractivity contribution is 0.0966. The number of rotatable bonds is 2. The lowest BCUT2D eigenvalue weighted by atomic mass is 10.0. The van der Waals surface area contributed by atoms with Crippen molar-refractivity contribution in [3.8, 4) is 0 Å². The normalized spacial score (nSPS) is 21.6. The Morgan fingerprint density at radius 1 is 1.40 bits per heavy atom. The average Bonchev–Trinajstić information content (AvgIpc) is 2.86. The fourth-order valence-electron chi connectivity index (χ4n) is 3.28. The van der Waals surface area contributed by atoms with Gasteiger partial charge in [-0.05, 0) is 37.7 Å². The Labute approximate surface area is 118 Å². The first-order valence-corrected chi connectivity index (χ1v) is 7.12. The number of piperidine rings is 1. The maximum absolute atomic E-state index is 10.9. The molecule has 1 atom stereocenters. The van der Waals surface area contributed by atoms with E-state index in [1.54, 1.807) is 6.20 Å². The van der Waals surface area contributed by atoms with E-state index in [1.165, 1.54) is 5.56 Å². The van der Waals surface area contributed by atoms with Crippen LogP contribution >= 0.6 is 0 Å². The molecular weight excluding hydrogens is 256 g/mol. The number of aryl methyl sites for hydroxylation is 1. The van der Waals surface area contributed by atoms with Crippen molar-refractivity contribution in [2.45, 2.75) is 38.2 Å². The fourth-order valence-corrected chi connectivity index (χ4v) is 3.28. The molecule has 20 heavy (non-hydrogen) atoms. The molecule has 0 radical (unpaired) electrons. The van der Waals surface area contributed by atoms with Gasteiger partial charge in [-0.2, -0.15) is 0 Å². The van der Waals surface area contributed by atoms with Gasteiger partial charge in [-0.25, -0.2) is 4.79 Å². The summed E-state index contributed by atoms with van der Waals surface area (Å²) in [5, 5.41) is 0. The van der Waals surface area contributed by atoms with Crippen LogP contribution in [0.1, 0.15) is 30.5 Å². The van der Waals surface area contributed by atoms with E-state index in [0.29, 0.717) is 12.2 Å². The van der Waals surface area contributed by atoms with Crippen LogP contribution in [0.25, 0.3) is 0 Å². The number of ether oxygens (including phenoxy) is 1. The van der Waals surface area contributed by atoms with Gasteiger partial charge in [0.1, 0.15) is 6.10 Å². The van der Waals surface area contributed by atoms with Crippen LogP contribution in [0, 0.1) is 0 Å². The van der Waals surface area contributed by atoms with Crippen LogP contribution in [-0.4, -0.2) is 30.3 Å². The Balaban J connectivity index is 1.85. The van der Waals surface area contributed by atoms with E-state index in [-0.39, 0.29) is 6.10 Å². The van der Waals surface area contributed by atoms with Gasteiger partial charge in [0.2, 0.25) is 0 Å². The number of aromatic nitrogens is 1. The summed E-state index contributed by atoms with van der Waals surface area (Å²) >= 11 is 0. The maximum atomic E-state index is 10.9. The number of nitrogens with two attached hydrogens (primary N) is 2. The highest BCUT2D eigenvalue weighted by atomic mass is 16.6. The molecule has 0 unspecified atom stereocenters. The van der Waals surface area contributed by atoms with Crippen molar-refractivity contribution in [1.29, 1.82) is 0 Å². The molecule has 1 aromatic rings. The second-order valence-corrected chi connectivity index (χ2v) is 5.49. The summed E-state index contributed by atoms with van der Waals surface area (Å²) in [7, 11) is 0. The number of pyridine rings is 1. The Kier molecular flexibility index (Phi) is 3.38. The minimum absolute atomic E-state index is 0.147. The number of nitrogens with zero attached hydrogens (tertiary/aromatic N) is 2. The number of hydrogen-bond donors (Lipinski definition) is 2. The number of anilines is 2. The van der Waals surface area contributed by atoms with Crippen LogP contribution in [0.3, 0.4) is 0 Å². The van der Waals surface area contributed by atoms with Crippen LogP contribution in [0.15, 0.2) is 6.20 Å². The molecule has 2 aliphatic rings. The van der Waals surface area contributed by atoms with Crippen molar-refractivity contribution in [3.05, 3.63) is 17.5 Å². The summed E-state index contributed by atoms with van der Waals surface area (Å²) in [5.74, 6) is 0. The fraction of sp³-hybridized carbons (Fsp3) is 0.571. The molecule has 6 heteroatoms. The van der Waals surface area contributed by atoms with Crippen LogP contribution in [-0.2, 0) is 17.6 Å². The Hall–Kier alpha value is -1.98. The molecule has 3 rings (SSSR count). The lowest BCUT2D eigenvalue weighted by Crippen LogP contribution is -2.42. The number of nitrogen functional groups attached to an aromatic ring is 1. The van der Waals surface area contributed by atoms with Crippen LogP contribution in [0.2, 0.25) is 0 Å². The molecular formula is C14H20N4O2. The zero-order chi connectivity index (χ0) is 14.1. The number of fused-ring (bicyclic) bond motifs is 1. The van der Waals surface area contributed by atoms with Crippen molar-refractivity contribution in [2.75, 3.05) is 23.7 Å². The molecule has 0 saturated carbocycles. The van der Waals surface area contributed by atoms with Crippen LogP contribution in [0.5, 0.6) is 0 Å². The predicted octanol–water partition coefficient (Wildman–Crippen LogP) is 1.22. The predicted molar refractivity (Wildman–Crippen MR) is 76.6 cm³/mol. The van der Waals surface area contributed by atoms with E-state index in [1.807, 2.05) is 0 Å². The summed E-state index contributed by atoms with van der Waals surface area (Å²) in [5.41, 5.74) is 15.5. The molecule has 1 saturated heterocycles. The second kappa shape index (κ2) is 5.19. The van der Waals surface area contributed by atoms with E-state index in [4.69, 9.17) is 16.2 Å². The molecule has 2 heterocycles. The smallest absolute Gasteiger partial charge is 0.404 e. The number of carbonyl (C=O) groups excluding carboxylic acids is 1. The first-order chi connectivity index (χ1) is 9.65. The standard InChI is InChI=1S/C14H20N4O2/c15-11-7-17-12-5-1-4-10(12)13(11)18-6-2-3-9(8-18)20-14(16)19/h7,9H,1-6,8,15H2,(H2,16,19)/t9-/m0/s1. The summed E-state index contributed by atoms with van der Waals surface area (Å²) in [6, 6.07) is 0. The molecule has 6 nitrogen and oxygen atoms in total. The number of amides is 1. The van der Waals surface area contributed by atoms with Gasteiger partial charge < -0.3 is 21.1 Å². The molecule has 108 valence electrons. The van der Waals surface area contributed by atoms with Gasteiger partial charge in [0, 0.05) is 12.2 Å². The van der Waals surface area contributed by atoms with E-state index < -0.39 is 6.09 Å². The third-order valence-electron chi connectivity index (χ3n) is 4.08. The molecule has 1 fully saturated rings. The molecule has 1 aromatic heterocycles. The summed E-state index contributed by atoms with van der Waals surface area (Å²) in [4.78, 5) is 17.6. The summed E-state index contributed by atoms with van der Waals surface area (Å²) in [6.07, 6.45) is 5.90. The van der Waals surface area contributed by atoms with E-state index in [0.717, 1.165) is 50.0 Å². The molecule has 1 aliphatic heterocycles. The first-order valence-electron chi connectivity index (χ1n) is 7.12. The summed E-state index contributed by atoms with van der Waals surface area (Å²) in [6.45, 7) is 1.59. The minimum Gasteiger partial charge on any atom is -0.445 e. The Morgan fingerprint density at radius 3 is 3.05 bits per heavy atom. The number of hydrogen-bond acceptors (Lipinski definition) is 5. The van der Waals surface area contributed by atoms with Gasteiger partial charge in [0.25, 0.3) is 0 Å². The van der Waals surface area contributed by atoms with Crippen molar-refractivity contribution >= 4 is 17.5 Å². The lowest BCUT2D eigenvalue weighted by Gasteiger charge is -2.35. The van der Waals surface area contributed by atoms with Crippen molar-refractivity contribution in [3.63, 3.8) is 0 Å². The van der Waals surface area contributed by atoms with Crippen molar-refractivity contribution in [1.82, 2.24) is 4.98 Å². The molecule has 1 aliphatic carbocycles. The minimum atomic E-state index is -0.704. The SMILES string of the molecule is NC(=O)O[C@H]1CCCN(c2c(N)cnc3c2CCC3)C1. The van der Waals surface area contributed by atoms with Gasteiger partial charge >= 0.3 is 6.09 Å². The number of primary amides is 1. The third-order valence-corrected chi connectivity index (χ3v) is 4.08. The quantitative estimate of drug-likeness (QED) is 0.846. The van der Waals surface area contributed by atoms with E-state index in [2.05, 4.69) is 9.88 Å². The molecule has 1 amide bonds. The molecule has 4 N–H and O–H groups in total.